The number of hydrogen-bond donors (Lipinski definition) is 0. The lowest BCUT2D eigenvalue weighted by Crippen LogP contribution is -2.02. The number of aldehydes is 1. The van der Waals surface area contributed by atoms with Crippen LogP contribution >= 0.6 is 0 Å². The fraction of sp³-hybridized carbons (Fsp3) is 0.467. The molecule has 112 valence electrons. The highest BCUT2D eigenvalue weighted by Gasteiger charge is 2.13. The summed E-state index contributed by atoms with van der Waals surface area (Å²) in [6.07, 6.45) is 3.25. The number of nitrogens with zero attached hydrogens (tertiary/aromatic N) is 4. The van der Waals surface area contributed by atoms with E-state index in [-0.39, 0.29) is 0 Å². The molecule has 2 rings (SSSR count). The van der Waals surface area contributed by atoms with E-state index in [9.17, 15) is 4.79 Å². The van der Waals surface area contributed by atoms with Crippen molar-refractivity contribution >= 4 is 6.29 Å². The fourth-order valence-electron chi connectivity index (χ4n) is 2.19. The Hall–Kier alpha value is -2.24. The summed E-state index contributed by atoms with van der Waals surface area (Å²) in [6.45, 7) is 4.62. The predicted octanol–water partition coefficient (Wildman–Crippen LogP) is 2.24. The lowest BCUT2D eigenvalue weighted by Gasteiger charge is -2.14. The Morgan fingerprint density at radius 1 is 1.29 bits per heavy atom. The first-order valence-corrected chi connectivity index (χ1v) is 7.04. The van der Waals surface area contributed by atoms with Gasteiger partial charge in [-0.3, -0.25) is 0 Å². The summed E-state index contributed by atoms with van der Waals surface area (Å²) in [5.74, 6) is 1.46. The van der Waals surface area contributed by atoms with Crippen molar-refractivity contribution in [1.29, 1.82) is 0 Å². The standard InChI is InChI=1S/C15H20N4O2/c1-11-7-8-13(15-16-18-19(3)17-15)12(2)14(11)21-10-6-4-5-9-20/h7-9H,4-6,10H2,1-3H3. The molecule has 6 nitrogen and oxygen atoms in total. The maximum absolute atomic E-state index is 10.3. The molecule has 6 heteroatoms. The van der Waals surface area contributed by atoms with Crippen LogP contribution in [-0.2, 0) is 11.8 Å². The molecule has 0 aliphatic carbocycles. The van der Waals surface area contributed by atoms with E-state index in [4.69, 9.17) is 4.74 Å². The maximum atomic E-state index is 10.3. The molecule has 2 aromatic rings. The van der Waals surface area contributed by atoms with Gasteiger partial charge in [0, 0.05) is 17.5 Å². The van der Waals surface area contributed by atoms with E-state index in [0.29, 0.717) is 18.9 Å². The number of ether oxygens (including phenoxy) is 1. The van der Waals surface area contributed by atoms with Crippen molar-refractivity contribution in [3.8, 4) is 17.1 Å². The second-order valence-electron chi connectivity index (χ2n) is 5.00. The lowest BCUT2D eigenvalue weighted by atomic mass is 10.0. The van der Waals surface area contributed by atoms with Crippen LogP contribution in [0, 0.1) is 13.8 Å². The molecule has 21 heavy (non-hydrogen) atoms. The number of aromatic nitrogens is 4. The van der Waals surface area contributed by atoms with E-state index in [1.54, 1.807) is 7.05 Å². The van der Waals surface area contributed by atoms with E-state index >= 15 is 0 Å². The number of tetrazole rings is 1. The minimum Gasteiger partial charge on any atom is -0.493 e. The number of benzene rings is 1. The van der Waals surface area contributed by atoms with Crippen LogP contribution in [0.15, 0.2) is 12.1 Å². The molecule has 0 atom stereocenters. The molecular weight excluding hydrogens is 268 g/mol. The zero-order valence-corrected chi connectivity index (χ0v) is 12.7. The molecule has 0 saturated carbocycles. The molecule has 0 fully saturated rings. The molecule has 0 bridgehead atoms. The zero-order chi connectivity index (χ0) is 15.2. The van der Waals surface area contributed by atoms with Gasteiger partial charge in [0.2, 0.25) is 5.82 Å². The summed E-state index contributed by atoms with van der Waals surface area (Å²) in [5, 5.41) is 12.1. The lowest BCUT2D eigenvalue weighted by molar-refractivity contribution is -0.107. The van der Waals surface area contributed by atoms with Crippen LogP contribution in [-0.4, -0.2) is 33.1 Å². The molecule has 0 amide bonds. The van der Waals surface area contributed by atoms with Gasteiger partial charge in [-0.25, -0.2) is 0 Å². The van der Waals surface area contributed by atoms with Gasteiger partial charge in [0.05, 0.1) is 13.7 Å². The van der Waals surface area contributed by atoms with Gasteiger partial charge in [-0.15, -0.1) is 10.2 Å². The van der Waals surface area contributed by atoms with Crippen LogP contribution in [0.2, 0.25) is 0 Å². The molecular formula is C15H20N4O2. The molecule has 1 heterocycles. The third-order valence-corrected chi connectivity index (χ3v) is 3.31. The van der Waals surface area contributed by atoms with Crippen molar-refractivity contribution in [3.05, 3.63) is 23.3 Å². The first kappa shape index (κ1) is 15.2. The van der Waals surface area contributed by atoms with Crippen LogP contribution in [0.1, 0.15) is 30.4 Å². The summed E-state index contributed by atoms with van der Waals surface area (Å²) < 4.78 is 5.88. The molecule has 0 aliphatic heterocycles. The smallest absolute Gasteiger partial charge is 0.205 e. The molecule has 0 N–H and O–H groups in total. The summed E-state index contributed by atoms with van der Waals surface area (Å²) in [6, 6.07) is 3.99. The van der Waals surface area contributed by atoms with Crippen LogP contribution in [0.5, 0.6) is 5.75 Å². The second-order valence-corrected chi connectivity index (χ2v) is 5.00. The minimum atomic E-state index is 0.588. The van der Waals surface area contributed by atoms with E-state index in [1.165, 1.54) is 4.80 Å². The summed E-state index contributed by atoms with van der Waals surface area (Å²) in [5.41, 5.74) is 3.02. The molecule has 1 aromatic carbocycles. The van der Waals surface area contributed by atoms with Crippen molar-refractivity contribution < 1.29 is 9.53 Å². The Morgan fingerprint density at radius 3 is 2.76 bits per heavy atom. The van der Waals surface area contributed by atoms with Crippen molar-refractivity contribution in [1.82, 2.24) is 20.2 Å². The molecule has 1 aromatic heterocycles. The Labute approximate surface area is 124 Å². The quantitative estimate of drug-likeness (QED) is 0.577. The van der Waals surface area contributed by atoms with Gasteiger partial charge in [-0.2, -0.15) is 4.80 Å². The van der Waals surface area contributed by atoms with E-state index in [1.807, 2.05) is 26.0 Å². The fourth-order valence-corrected chi connectivity index (χ4v) is 2.19. The highest BCUT2D eigenvalue weighted by molar-refractivity contribution is 5.64. The number of rotatable bonds is 7. The van der Waals surface area contributed by atoms with Crippen molar-refractivity contribution in [3.63, 3.8) is 0 Å². The Bertz CT molecular complexity index is 622. The average molecular weight is 288 g/mol. The van der Waals surface area contributed by atoms with Crippen molar-refractivity contribution in [2.45, 2.75) is 33.1 Å². The van der Waals surface area contributed by atoms with Gasteiger partial charge < -0.3 is 9.53 Å². The highest BCUT2D eigenvalue weighted by atomic mass is 16.5. The Kier molecular flexibility index (Phi) is 5.03. The normalized spacial score (nSPS) is 10.6. The number of aryl methyl sites for hydroxylation is 2. The number of carbonyl (C=O) groups is 1. The monoisotopic (exact) mass is 288 g/mol. The van der Waals surface area contributed by atoms with Crippen molar-refractivity contribution in [2.24, 2.45) is 7.05 Å². The molecule has 0 unspecified atom stereocenters. The average Bonchev–Trinajstić information content (AvgIpc) is 2.88. The summed E-state index contributed by atoms with van der Waals surface area (Å²) in [4.78, 5) is 11.7. The summed E-state index contributed by atoms with van der Waals surface area (Å²) in [7, 11) is 1.74. The maximum Gasteiger partial charge on any atom is 0.205 e. The number of unbranched alkanes of at least 4 members (excludes halogenated alkanes) is 2. The number of carbonyl (C=O) groups excluding carboxylic acids is 1. The third-order valence-electron chi connectivity index (χ3n) is 3.31. The Morgan fingerprint density at radius 2 is 2.10 bits per heavy atom. The first-order valence-electron chi connectivity index (χ1n) is 7.04. The minimum absolute atomic E-state index is 0.588. The van der Waals surface area contributed by atoms with Gasteiger partial charge in [0.15, 0.2) is 0 Å². The Balaban J connectivity index is 2.15. The van der Waals surface area contributed by atoms with Crippen LogP contribution in [0.25, 0.3) is 11.4 Å². The second kappa shape index (κ2) is 6.97. The van der Waals surface area contributed by atoms with Gasteiger partial charge >= 0.3 is 0 Å². The molecule has 0 saturated heterocycles. The number of hydrogen-bond acceptors (Lipinski definition) is 5. The molecule has 0 spiro atoms. The SMILES string of the molecule is Cc1ccc(-c2nnn(C)n2)c(C)c1OCCCCC=O. The predicted molar refractivity (Wildman–Crippen MR) is 79.1 cm³/mol. The summed E-state index contributed by atoms with van der Waals surface area (Å²) >= 11 is 0. The largest absolute Gasteiger partial charge is 0.493 e. The first-order chi connectivity index (χ1) is 10.1. The van der Waals surface area contributed by atoms with Gasteiger partial charge in [0.25, 0.3) is 0 Å². The highest BCUT2D eigenvalue weighted by Crippen LogP contribution is 2.31. The zero-order valence-electron chi connectivity index (χ0n) is 12.7. The van der Waals surface area contributed by atoms with Crippen LogP contribution in [0.3, 0.4) is 0 Å². The topological polar surface area (TPSA) is 69.9 Å². The van der Waals surface area contributed by atoms with Crippen LogP contribution in [0.4, 0.5) is 0 Å². The van der Waals surface area contributed by atoms with Gasteiger partial charge in [0.1, 0.15) is 12.0 Å². The van der Waals surface area contributed by atoms with Gasteiger partial charge in [-0.05, 0) is 37.5 Å². The van der Waals surface area contributed by atoms with Crippen molar-refractivity contribution in [2.75, 3.05) is 6.61 Å². The third kappa shape index (κ3) is 3.65. The van der Waals surface area contributed by atoms with Crippen LogP contribution < -0.4 is 4.74 Å². The van der Waals surface area contributed by atoms with E-state index in [0.717, 1.165) is 41.6 Å². The van der Waals surface area contributed by atoms with E-state index < -0.39 is 0 Å². The van der Waals surface area contributed by atoms with E-state index in [2.05, 4.69) is 15.4 Å². The molecule has 0 radical (unpaired) electrons. The van der Waals surface area contributed by atoms with Gasteiger partial charge in [-0.1, -0.05) is 12.1 Å². The molecule has 0 aliphatic rings.